The summed E-state index contributed by atoms with van der Waals surface area (Å²) < 4.78 is 6.68. The average molecular weight is 280 g/mol. The highest BCUT2D eigenvalue weighted by Gasteiger charge is 2.12. The van der Waals surface area contributed by atoms with Crippen LogP contribution in [-0.4, -0.2) is 0 Å². The molecule has 0 saturated heterocycles. The number of hydrogen-bond donors (Lipinski definition) is 0. The fraction of sp³-hybridized carbons (Fsp3) is 0.273. The third kappa shape index (κ3) is 1.79. The zero-order chi connectivity index (χ0) is 11.7. The molecule has 0 aliphatic rings. The second-order valence-corrected chi connectivity index (χ2v) is 4.47. The highest BCUT2D eigenvalue weighted by atomic mass is 79.9. The average Bonchev–Trinajstić information content (AvgIpc) is 2.69. The van der Waals surface area contributed by atoms with Crippen LogP contribution in [-0.2, 0) is 0 Å². The van der Waals surface area contributed by atoms with E-state index in [1.807, 2.05) is 32.0 Å². The molecule has 1 heterocycles. The summed E-state index contributed by atoms with van der Waals surface area (Å²) in [4.78, 5) is 2.78. The van der Waals surface area contributed by atoms with Crippen molar-refractivity contribution in [3.63, 3.8) is 0 Å². The lowest BCUT2D eigenvalue weighted by atomic mass is 10.1. The summed E-state index contributed by atoms with van der Waals surface area (Å²) in [6.07, 6.45) is 0. The minimum atomic E-state index is -0.282. The molecule has 0 radical (unpaired) electrons. The Bertz CT molecular complexity index is 584. The van der Waals surface area contributed by atoms with Gasteiger partial charge in [0.25, 0.3) is 0 Å². The highest BCUT2D eigenvalue weighted by molar-refractivity contribution is 9.10. The minimum absolute atomic E-state index is 0.282. The van der Waals surface area contributed by atoms with Crippen molar-refractivity contribution in [3.05, 3.63) is 44.4 Å². The molecule has 4 nitrogen and oxygen atoms in total. The molecule has 82 valence electrons. The van der Waals surface area contributed by atoms with Crippen LogP contribution in [0.25, 0.3) is 21.4 Å². The summed E-state index contributed by atoms with van der Waals surface area (Å²) in [5, 5.41) is 4.66. The van der Waals surface area contributed by atoms with Crippen LogP contribution in [0.2, 0.25) is 0 Å². The van der Waals surface area contributed by atoms with E-state index in [9.17, 15) is 0 Å². The number of benzene rings is 1. The number of hydrogen-bond acceptors (Lipinski definition) is 2. The number of furan rings is 1. The van der Waals surface area contributed by atoms with Gasteiger partial charge in [0.15, 0.2) is 0 Å². The third-order valence-corrected chi connectivity index (χ3v) is 3.42. The van der Waals surface area contributed by atoms with Gasteiger partial charge in [-0.2, -0.15) is 0 Å². The smallest absolute Gasteiger partial charge is 0.134 e. The van der Waals surface area contributed by atoms with Crippen molar-refractivity contribution in [2.75, 3.05) is 0 Å². The lowest BCUT2D eigenvalue weighted by Crippen LogP contribution is -1.82. The van der Waals surface area contributed by atoms with Gasteiger partial charge in [-0.25, -0.2) is 0 Å². The molecule has 1 unspecified atom stereocenters. The lowest BCUT2D eigenvalue weighted by molar-refractivity contribution is 0.512. The van der Waals surface area contributed by atoms with Crippen LogP contribution in [0.3, 0.4) is 0 Å². The van der Waals surface area contributed by atoms with Gasteiger partial charge in [0.1, 0.15) is 11.3 Å². The summed E-state index contributed by atoms with van der Waals surface area (Å²) >= 11 is 3.47. The monoisotopic (exact) mass is 279 g/mol. The molecule has 0 bridgehead atoms. The maximum absolute atomic E-state index is 8.38. The number of azide groups is 1. The Morgan fingerprint density at radius 3 is 2.94 bits per heavy atom. The lowest BCUT2D eigenvalue weighted by Gasteiger charge is -1.96. The van der Waals surface area contributed by atoms with Crippen LogP contribution in [0.5, 0.6) is 0 Å². The van der Waals surface area contributed by atoms with E-state index in [0.717, 1.165) is 21.0 Å². The van der Waals surface area contributed by atoms with Gasteiger partial charge in [0, 0.05) is 14.8 Å². The molecule has 0 aliphatic carbocycles. The Labute approximate surface area is 101 Å². The first-order valence-electron chi connectivity index (χ1n) is 4.86. The second kappa shape index (κ2) is 4.20. The molecule has 1 aromatic heterocycles. The van der Waals surface area contributed by atoms with Gasteiger partial charge >= 0.3 is 0 Å². The minimum Gasteiger partial charge on any atom is -0.461 e. The highest BCUT2D eigenvalue weighted by Crippen LogP contribution is 2.31. The summed E-state index contributed by atoms with van der Waals surface area (Å²) in [6.45, 7) is 3.83. The first kappa shape index (κ1) is 11.0. The standard InChI is InChI=1S/C11H10BrN3O/c1-6-8-5-11(7(2)14-15-13)16-10(8)4-3-9(6)12/h3-5,7H,1-2H3. The molecule has 0 aliphatic heterocycles. The van der Waals surface area contributed by atoms with Crippen molar-refractivity contribution >= 4 is 26.9 Å². The number of fused-ring (bicyclic) bond motifs is 1. The SMILES string of the molecule is Cc1c(Br)ccc2oc(C(C)N=[N+]=[N-])cc12. The molecule has 1 atom stereocenters. The van der Waals surface area contributed by atoms with E-state index in [2.05, 4.69) is 26.0 Å². The Kier molecular flexibility index (Phi) is 2.90. The van der Waals surface area contributed by atoms with Gasteiger partial charge in [-0.05, 0) is 43.1 Å². The van der Waals surface area contributed by atoms with Crippen molar-refractivity contribution in [2.24, 2.45) is 5.11 Å². The van der Waals surface area contributed by atoms with Crippen LogP contribution in [0.1, 0.15) is 24.3 Å². The fourth-order valence-electron chi connectivity index (χ4n) is 1.58. The summed E-state index contributed by atoms with van der Waals surface area (Å²) in [5.41, 5.74) is 10.3. The van der Waals surface area contributed by atoms with Crippen molar-refractivity contribution < 1.29 is 4.42 Å². The van der Waals surface area contributed by atoms with Gasteiger partial charge in [-0.3, -0.25) is 0 Å². The van der Waals surface area contributed by atoms with Gasteiger partial charge in [0.05, 0.1) is 6.04 Å². The molecule has 16 heavy (non-hydrogen) atoms. The first-order valence-corrected chi connectivity index (χ1v) is 5.65. The molecule has 0 amide bonds. The van der Waals surface area contributed by atoms with Crippen LogP contribution in [0.15, 0.2) is 32.2 Å². The molecule has 2 aromatic rings. The van der Waals surface area contributed by atoms with Gasteiger partial charge < -0.3 is 4.42 Å². The van der Waals surface area contributed by atoms with Crippen LogP contribution in [0, 0.1) is 6.92 Å². The molecule has 1 aromatic carbocycles. The van der Waals surface area contributed by atoms with E-state index in [4.69, 9.17) is 9.95 Å². The van der Waals surface area contributed by atoms with Gasteiger partial charge in [-0.1, -0.05) is 21.0 Å². The number of halogens is 1. The van der Waals surface area contributed by atoms with Crippen LogP contribution in [0.4, 0.5) is 0 Å². The zero-order valence-electron chi connectivity index (χ0n) is 8.94. The number of aryl methyl sites for hydroxylation is 1. The van der Waals surface area contributed by atoms with E-state index in [1.165, 1.54) is 0 Å². The molecule has 5 heteroatoms. The van der Waals surface area contributed by atoms with Crippen molar-refractivity contribution in [1.29, 1.82) is 0 Å². The third-order valence-electron chi connectivity index (χ3n) is 2.56. The van der Waals surface area contributed by atoms with E-state index in [0.29, 0.717) is 5.76 Å². The van der Waals surface area contributed by atoms with E-state index in [-0.39, 0.29) is 6.04 Å². The number of rotatable bonds is 2. The number of nitrogens with zero attached hydrogens (tertiary/aromatic N) is 3. The molecule has 2 rings (SSSR count). The zero-order valence-corrected chi connectivity index (χ0v) is 10.5. The molecule has 0 fully saturated rings. The maximum atomic E-state index is 8.38. The normalized spacial score (nSPS) is 12.4. The molecular formula is C11H10BrN3O. The Morgan fingerprint density at radius 1 is 1.50 bits per heavy atom. The topological polar surface area (TPSA) is 61.9 Å². The van der Waals surface area contributed by atoms with Crippen molar-refractivity contribution in [1.82, 2.24) is 0 Å². The van der Waals surface area contributed by atoms with Gasteiger partial charge in [0.2, 0.25) is 0 Å². The van der Waals surface area contributed by atoms with Crippen LogP contribution >= 0.6 is 15.9 Å². The van der Waals surface area contributed by atoms with Crippen molar-refractivity contribution in [2.45, 2.75) is 19.9 Å². The predicted molar refractivity (Wildman–Crippen MR) is 66.2 cm³/mol. The quantitative estimate of drug-likeness (QED) is 0.439. The fourth-order valence-corrected chi connectivity index (χ4v) is 1.93. The molecule has 0 saturated carbocycles. The maximum Gasteiger partial charge on any atom is 0.134 e. The largest absolute Gasteiger partial charge is 0.461 e. The van der Waals surface area contributed by atoms with E-state index >= 15 is 0 Å². The van der Waals surface area contributed by atoms with E-state index in [1.54, 1.807) is 0 Å². The summed E-state index contributed by atoms with van der Waals surface area (Å²) in [6, 6.07) is 5.49. The van der Waals surface area contributed by atoms with E-state index < -0.39 is 0 Å². The van der Waals surface area contributed by atoms with Gasteiger partial charge in [-0.15, -0.1) is 0 Å². The Balaban J connectivity index is 2.60. The molecule has 0 N–H and O–H groups in total. The first-order chi connectivity index (χ1) is 7.63. The molecular weight excluding hydrogens is 270 g/mol. The second-order valence-electron chi connectivity index (χ2n) is 3.61. The summed E-state index contributed by atoms with van der Waals surface area (Å²) in [7, 11) is 0. The van der Waals surface area contributed by atoms with Crippen molar-refractivity contribution in [3.8, 4) is 0 Å². The van der Waals surface area contributed by atoms with Crippen LogP contribution < -0.4 is 0 Å². The summed E-state index contributed by atoms with van der Waals surface area (Å²) in [5.74, 6) is 0.689. The molecule has 0 spiro atoms. The Morgan fingerprint density at radius 2 is 2.25 bits per heavy atom. The Hall–Kier alpha value is -1.45. The predicted octanol–water partition coefficient (Wildman–Crippen LogP) is 4.88.